The van der Waals surface area contributed by atoms with Crippen molar-refractivity contribution in [3.63, 3.8) is 0 Å². The average molecular weight is 395 g/mol. The first kappa shape index (κ1) is 21.4. The van der Waals surface area contributed by atoms with E-state index in [9.17, 15) is 9.18 Å². The molecule has 0 radical (unpaired) electrons. The van der Waals surface area contributed by atoms with Gasteiger partial charge in [0.05, 0.1) is 11.4 Å². The molecule has 0 aliphatic heterocycles. The van der Waals surface area contributed by atoms with Gasteiger partial charge in [-0.25, -0.2) is 9.07 Å². The summed E-state index contributed by atoms with van der Waals surface area (Å²) >= 11 is 0. The van der Waals surface area contributed by atoms with Crippen LogP contribution in [0.25, 0.3) is 5.69 Å². The quantitative estimate of drug-likeness (QED) is 0.756. The molecule has 1 aromatic carbocycles. The molecule has 1 amide bonds. The summed E-state index contributed by atoms with van der Waals surface area (Å²) in [4.78, 5) is 12.3. The summed E-state index contributed by atoms with van der Waals surface area (Å²) in [5.41, 5.74) is 7.65. The maximum absolute atomic E-state index is 13.0. The molecule has 0 atom stereocenters. The zero-order valence-electron chi connectivity index (χ0n) is 15.5. The fourth-order valence-corrected chi connectivity index (χ4v) is 3.72. The van der Waals surface area contributed by atoms with E-state index in [2.05, 4.69) is 10.4 Å². The van der Waals surface area contributed by atoms with Crippen molar-refractivity contribution in [1.82, 2.24) is 15.1 Å². The number of hydrogen-bond donors (Lipinski definition) is 2. The van der Waals surface area contributed by atoms with Gasteiger partial charge >= 0.3 is 0 Å². The fourth-order valence-electron chi connectivity index (χ4n) is 3.72. The summed E-state index contributed by atoms with van der Waals surface area (Å²) in [6, 6.07) is 8.11. The van der Waals surface area contributed by atoms with Crippen LogP contribution in [-0.4, -0.2) is 28.8 Å². The minimum atomic E-state index is -0.267. The number of amides is 1. The molecule has 3 rings (SSSR count). The Balaban J connectivity index is 0.00000261. The molecule has 0 spiro atoms. The van der Waals surface area contributed by atoms with Gasteiger partial charge in [-0.15, -0.1) is 12.4 Å². The largest absolute Gasteiger partial charge is 0.356 e. The highest BCUT2D eigenvalue weighted by atomic mass is 35.5. The van der Waals surface area contributed by atoms with Gasteiger partial charge in [0.25, 0.3) is 0 Å². The topological polar surface area (TPSA) is 72.9 Å². The molecular weight excluding hydrogens is 367 g/mol. The first-order valence-corrected chi connectivity index (χ1v) is 9.38. The average Bonchev–Trinajstić information content (AvgIpc) is 3.12. The number of rotatable bonds is 7. The van der Waals surface area contributed by atoms with Crippen LogP contribution < -0.4 is 11.1 Å². The molecule has 148 valence electrons. The zero-order valence-corrected chi connectivity index (χ0v) is 16.3. The van der Waals surface area contributed by atoms with E-state index < -0.39 is 0 Å². The van der Waals surface area contributed by atoms with Crippen LogP contribution in [0.5, 0.6) is 0 Å². The smallest absolute Gasteiger partial charge is 0.220 e. The van der Waals surface area contributed by atoms with Gasteiger partial charge < -0.3 is 11.1 Å². The predicted octanol–water partition coefficient (Wildman–Crippen LogP) is 3.39. The second-order valence-electron chi connectivity index (χ2n) is 7.27. The molecule has 0 unspecified atom stereocenters. The number of aromatic nitrogens is 2. The second kappa shape index (κ2) is 9.85. The van der Waals surface area contributed by atoms with E-state index in [1.54, 1.807) is 16.8 Å². The van der Waals surface area contributed by atoms with Gasteiger partial charge in [0.15, 0.2) is 0 Å². The standard InChI is InChI=1S/C20H27FN4O.ClH/c21-16-4-6-18(7-5-16)25-13-9-17(24-25)8-12-23-19(26)14-20(15-22)10-2-1-3-11-20;/h4-7,9,13H,1-3,8,10-12,14-15,22H2,(H,23,26);1H. The van der Waals surface area contributed by atoms with Crippen LogP contribution in [0.1, 0.15) is 44.2 Å². The van der Waals surface area contributed by atoms with E-state index in [4.69, 9.17) is 5.73 Å². The van der Waals surface area contributed by atoms with Crippen molar-refractivity contribution in [2.45, 2.75) is 44.9 Å². The first-order valence-electron chi connectivity index (χ1n) is 9.38. The highest BCUT2D eigenvalue weighted by molar-refractivity contribution is 5.85. The predicted molar refractivity (Wildman–Crippen MR) is 107 cm³/mol. The molecule has 0 saturated heterocycles. The van der Waals surface area contributed by atoms with Crippen LogP contribution in [0.3, 0.4) is 0 Å². The second-order valence-corrected chi connectivity index (χ2v) is 7.27. The van der Waals surface area contributed by atoms with Crippen molar-refractivity contribution in [2.75, 3.05) is 13.1 Å². The molecule has 2 aromatic rings. The Kier molecular flexibility index (Phi) is 7.80. The van der Waals surface area contributed by atoms with Crippen LogP contribution in [0.2, 0.25) is 0 Å². The first-order chi connectivity index (χ1) is 12.6. The van der Waals surface area contributed by atoms with Gasteiger partial charge in [-0.2, -0.15) is 5.10 Å². The molecule has 7 heteroatoms. The number of hydrogen-bond acceptors (Lipinski definition) is 3. The summed E-state index contributed by atoms with van der Waals surface area (Å²) in [7, 11) is 0. The number of carbonyl (C=O) groups excluding carboxylic acids is 1. The normalized spacial score (nSPS) is 15.8. The summed E-state index contributed by atoms with van der Waals surface area (Å²) in [6.07, 6.45) is 8.73. The van der Waals surface area contributed by atoms with E-state index in [0.29, 0.717) is 25.9 Å². The molecule has 1 saturated carbocycles. The third-order valence-electron chi connectivity index (χ3n) is 5.32. The molecule has 1 aliphatic rings. The van der Waals surface area contributed by atoms with Crippen molar-refractivity contribution in [3.8, 4) is 5.69 Å². The van der Waals surface area contributed by atoms with Crippen LogP contribution in [0, 0.1) is 11.2 Å². The molecule has 5 nitrogen and oxygen atoms in total. The van der Waals surface area contributed by atoms with E-state index >= 15 is 0 Å². The number of nitrogens with one attached hydrogen (secondary N) is 1. The molecule has 1 heterocycles. The van der Waals surface area contributed by atoms with Gasteiger partial charge in [-0.3, -0.25) is 4.79 Å². The van der Waals surface area contributed by atoms with Crippen molar-refractivity contribution < 1.29 is 9.18 Å². The molecule has 27 heavy (non-hydrogen) atoms. The Hall–Kier alpha value is -1.92. The van der Waals surface area contributed by atoms with E-state index in [-0.39, 0.29) is 29.5 Å². The minimum absolute atomic E-state index is 0. The van der Waals surface area contributed by atoms with Crippen molar-refractivity contribution in [3.05, 3.63) is 48.0 Å². The Bertz CT molecular complexity index is 726. The Labute approximate surface area is 165 Å². The summed E-state index contributed by atoms with van der Waals surface area (Å²) in [6.45, 7) is 1.14. The number of benzene rings is 1. The molecule has 3 N–H and O–H groups in total. The van der Waals surface area contributed by atoms with E-state index in [1.807, 2.05) is 12.3 Å². The third-order valence-corrected chi connectivity index (χ3v) is 5.32. The summed E-state index contributed by atoms with van der Waals surface area (Å²) in [5.74, 6) is -0.188. The lowest BCUT2D eigenvalue weighted by Crippen LogP contribution is -2.39. The van der Waals surface area contributed by atoms with E-state index in [0.717, 1.165) is 24.2 Å². The Morgan fingerprint density at radius 1 is 1.19 bits per heavy atom. The monoisotopic (exact) mass is 394 g/mol. The molecule has 1 fully saturated rings. The number of halogens is 2. The highest BCUT2D eigenvalue weighted by Gasteiger charge is 2.32. The van der Waals surface area contributed by atoms with Gasteiger partial charge in [0.2, 0.25) is 5.91 Å². The number of nitrogens with two attached hydrogens (primary N) is 1. The van der Waals surface area contributed by atoms with Crippen LogP contribution in [0.15, 0.2) is 36.5 Å². The van der Waals surface area contributed by atoms with Crippen LogP contribution in [0.4, 0.5) is 4.39 Å². The van der Waals surface area contributed by atoms with Crippen LogP contribution in [-0.2, 0) is 11.2 Å². The number of nitrogens with zero attached hydrogens (tertiary/aromatic N) is 2. The van der Waals surface area contributed by atoms with Gasteiger partial charge in [-0.05, 0) is 55.1 Å². The minimum Gasteiger partial charge on any atom is -0.356 e. The SMILES string of the molecule is Cl.NCC1(CC(=O)NCCc2ccn(-c3ccc(F)cc3)n2)CCCCC1. The Morgan fingerprint density at radius 2 is 1.89 bits per heavy atom. The van der Waals surface area contributed by atoms with E-state index in [1.165, 1.54) is 31.4 Å². The summed E-state index contributed by atoms with van der Waals surface area (Å²) < 4.78 is 14.7. The Morgan fingerprint density at radius 3 is 2.56 bits per heavy atom. The lowest BCUT2D eigenvalue weighted by atomic mass is 9.71. The van der Waals surface area contributed by atoms with Gasteiger partial charge in [0, 0.05) is 25.6 Å². The highest BCUT2D eigenvalue weighted by Crippen LogP contribution is 2.38. The number of carbonyl (C=O) groups is 1. The van der Waals surface area contributed by atoms with Crippen LogP contribution >= 0.6 is 12.4 Å². The fraction of sp³-hybridized carbons (Fsp3) is 0.500. The zero-order chi connectivity index (χ0) is 18.4. The molecular formula is C20H28ClFN4O. The summed E-state index contributed by atoms with van der Waals surface area (Å²) in [5, 5.41) is 7.48. The molecule has 1 aromatic heterocycles. The van der Waals surface area contributed by atoms with Crippen molar-refractivity contribution >= 4 is 18.3 Å². The van der Waals surface area contributed by atoms with Crippen molar-refractivity contribution in [1.29, 1.82) is 0 Å². The third kappa shape index (κ3) is 5.78. The van der Waals surface area contributed by atoms with Gasteiger partial charge in [-0.1, -0.05) is 19.3 Å². The maximum Gasteiger partial charge on any atom is 0.220 e. The van der Waals surface area contributed by atoms with Crippen molar-refractivity contribution in [2.24, 2.45) is 11.1 Å². The maximum atomic E-state index is 13.0. The lowest BCUT2D eigenvalue weighted by Gasteiger charge is -2.35. The molecule has 1 aliphatic carbocycles. The van der Waals surface area contributed by atoms with Gasteiger partial charge in [0.1, 0.15) is 5.82 Å². The lowest BCUT2D eigenvalue weighted by molar-refractivity contribution is -0.123. The molecule has 0 bridgehead atoms.